The number of benzene rings is 2. The first-order valence-corrected chi connectivity index (χ1v) is 11.6. The Bertz CT molecular complexity index is 1050. The van der Waals surface area contributed by atoms with Crippen LogP contribution in [-0.2, 0) is 23.8 Å². The van der Waals surface area contributed by atoms with E-state index in [9.17, 15) is 19.5 Å². The van der Waals surface area contributed by atoms with Crippen molar-refractivity contribution in [2.45, 2.75) is 43.4 Å². The van der Waals surface area contributed by atoms with E-state index in [0.29, 0.717) is 0 Å². The minimum Gasteiger partial charge on any atom is -0.480 e. The van der Waals surface area contributed by atoms with E-state index < -0.39 is 35.7 Å². The maximum Gasteiger partial charge on any atom is 0.407 e. The highest BCUT2D eigenvalue weighted by molar-refractivity contribution is 5.91. The van der Waals surface area contributed by atoms with Gasteiger partial charge in [0.15, 0.2) is 0 Å². The predicted molar refractivity (Wildman–Crippen MR) is 127 cm³/mol. The van der Waals surface area contributed by atoms with Gasteiger partial charge in [-0.1, -0.05) is 48.5 Å². The summed E-state index contributed by atoms with van der Waals surface area (Å²) in [5.41, 5.74) is 2.91. The molecule has 2 aromatic rings. The number of aliphatic carboxylic acids is 1. The molecule has 1 heterocycles. The third-order valence-electron chi connectivity index (χ3n) is 6.86. The first kappa shape index (κ1) is 24.7. The minimum absolute atomic E-state index is 0.0893. The number of hydrogen-bond acceptors (Lipinski definition) is 6. The zero-order chi connectivity index (χ0) is 25.0. The normalized spacial score (nSPS) is 18.0. The lowest BCUT2D eigenvalue weighted by molar-refractivity contribution is -0.153. The van der Waals surface area contributed by atoms with Crippen LogP contribution in [-0.4, -0.2) is 67.7 Å². The molecule has 2 amide bonds. The largest absolute Gasteiger partial charge is 0.480 e. The Morgan fingerprint density at radius 3 is 2.17 bits per heavy atom. The van der Waals surface area contributed by atoms with Crippen LogP contribution < -0.4 is 10.6 Å². The van der Waals surface area contributed by atoms with E-state index in [2.05, 4.69) is 10.6 Å². The Labute approximate surface area is 203 Å². The number of carboxylic acids is 1. The van der Waals surface area contributed by atoms with Crippen LogP contribution in [0.15, 0.2) is 48.5 Å². The van der Waals surface area contributed by atoms with Crippen LogP contribution in [0.2, 0.25) is 0 Å². The summed E-state index contributed by atoms with van der Waals surface area (Å²) in [6, 6.07) is 14.8. The molecule has 186 valence electrons. The fourth-order valence-corrected chi connectivity index (χ4v) is 4.72. The van der Waals surface area contributed by atoms with Gasteiger partial charge in [0.25, 0.3) is 0 Å². The van der Waals surface area contributed by atoms with Crippen LogP contribution in [0.1, 0.15) is 36.8 Å². The smallest absolute Gasteiger partial charge is 0.407 e. The van der Waals surface area contributed by atoms with Crippen LogP contribution in [0.3, 0.4) is 0 Å². The second-order valence-electron chi connectivity index (χ2n) is 8.88. The average Bonchev–Trinajstić information content (AvgIpc) is 3.19. The zero-order valence-electron chi connectivity index (χ0n) is 19.8. The third-order valence-corrected chi connectivity index (χ3v) is 6.86. The van der Waals surface area contributed by atoms with Crippen LogP contribution >= 0.6 is 0 Å². The van der Waals surface area contributed by atoms with E-state index in [1.165, 1.54) is 7.11 Å². The number of carbonyl (C=O) groups is 3. The average molecular weight is 483 g/mol. The van der Waals surface area contributed by atoms with Crippen molar-refractivity contribution in [1.82, 2.24) is 10.6 Å². The van der Waals surface area contributed by atoms with Crippen molar-refractivity contribution in [2.24, 2.45) is 0 Å². The van der Waals surface area contributed by atoms with Crippen molar-refractivity contribution >= 4 is 18.0 Å². The molecule has 2 atom stereocenters. The lowest BCUT2D eigenvalue weighted by atomic mass is 9.89. The molecule has 0 bridgehead atoms. The number of amides is 2. The number of nitrogens with one attached hydrogen (secondary N) is 2. The van der Waals surface area contributed by atoms with Crippen molar-refractivity contribution in [1.29, 1.82) is 0 Å². The second-order valence-corrected chi connectivity index (χ2v) is 8.88. The van der Waals surface area contributed by atoms with Gasteiger partial charge in [-0.05, 0) is 29.2 Å². The van der Waals surface area contributed by atoms with Crippen molar-refractivity contribution in [3.05, 3.63) is 59.7 Å². The number of methoxy groups -OCH3 is 1. The van der Waals surface area contributed by atoms with Crippen molar-refractivity contribution in [3.63, 3.8) is 0 Å². The molecule has 0 aromatic heterocycles. The summed E-state index contributed by atoms with van der Waals surface area (Å²) in [7, 11) is 1.41. The molecule has 0 unspecified atom stereocenters. The van der Waals surface area contributed by atoms with Gasteiger partial charge in [-0.15, -0.1) is 0 Å². The first-order chi connectivity index (χ1) is 16.9. The Hall–Kier alpha value is -3.43. The van der Waals surface area contributed by atoms with Gasteiger partial charge in [0.1, 0.15) is 18.2 Å². The summed E-state index contributed by atoms with van der Waals surface area (Å²) >= 11 is 0. The van der Waals surface area contributed by atoms with Gasteiger partial charge >= 0.3 is 12.1 Å². The van der Waals surface area contributed by atoms with E-state index in [-0.39, 0.29) is 38.6 Å². The molecule has 3 N–H and O–H groups in total. The molecule has 4 rings (SSSR count). The lowest BCUT2D eigenvalue weighted by Crippen LogP contribution is -2.63. The quantitative estimate of drug-likeness (QED) is 0.529. The standard InChI is InChI=1S/C26H30N2O7/c1-16(33-2)22(23(29)28-26(24(30)31)11-13-34-14-12-26)27-25(32)35-15-21-19-9-5-3-7-17(19)18-8-4-6-10-20(18)21/h3-10,16,21-22H,11-15H2,1-2H3,(H,27,32)(H,28,29)(H,30,31)/t16-,22+/m1/s1. The van der Waals surface area contributed by atoms with Gasteiger partial charge in [0.2, 0.25) is 5.91 Å². The number of carboxylic acid groups (broad SMARTS) is 1. The Morgan fingerprint density at radius 2 is 1.63 bits per heavy atom. The summed E-state index contributed by atoms with van der Waals surface area (Å²) in [5.74, 6) is -1.92. The third kappa shape index (κ3) is 5.01. The van der Waals surface area contributed by atoms with Crippen LogP contribution in [0.4, 0.5) is 4.79 Å². The van der Waals surface area contributed by atoms with Crippen LogP contribution in [0.5, 0.6) is 0 Å². The van der Waals surface area contributed by atoms with E-state index in [4.69, 9.17) is 14.2 Å². The molecule has 9 heteroatoms. The van der Waals surface area contributed by atoms with E-state index in [1.54, 1.807) is 6.92 Å². The summed E-state index contributed by atoms with van der Waals surface area (Å²) < 4.78 is 16.1. The first-order valence-electron chi connectivity index (χ1n) is 11.6. The number of carbonyl (C=O) groups excluding carboxylic acids is 2. The highest BCUT2D eigenvalue weighted by Crippen LogP contribution is 2.44. The fraction of sp³-hybridized carbons (Fsp3) is 0.423. The Kier molecular flexibility index (Phi) is 7.37. The second kappa shape index (κ2) is 10.5. The summed E-state index contributed by atoms with van der Waals surface area (Å²) in [6.07, 6.45) is -1.24. The molecule has 2 aromatic carbocycles. The number of rotatable bonds is 8. The number of ether oxygens (including phenoxy) is 3. The lowest BCUT2D eigenvalue weighted by Gasteiger charge is -2.35. The highest BCUT2D eigenvalue weighted by Gasteiger charge is 2.44. The fourth-order valence-electron chi connectivity index (χ4n) is 4.72. The summed E-state index contributed by atoms with van der Waals surface area (Å²) in [4.78, 5) is 37.8. The molecule has 0 spiro atoms. The maximum atomic E-state index is 13.1. The molecule has 1 aliphatic carbocycles. The Balaban J connectivity index is 1.44. The van der Waals surface area contributed by atoms with Crippen molar-refractivity contribution < 1.29 is 33.7 Å². The van der Waals surface area contributed by atoms with E-state index in [1.807, 2.05) is 48.5 Å². The SMILES string of the molecule is CO[C@H](C)[C@H](NC(=O)OCC1c2ccccc2-c2ccccc21)C(=O)NC1(C(=O)O)CCOCC1. The van der Waals surface area contributed by atoms with Crippen molar-refractivity contribution in [2.75, 3.05) is 26.9 Å². The molecule has 1 aliphatic heterocycles. The molecular weight excluding hydrogens is 452 g/mol. The van der Waals surface area contributed by atoms with Crippen molar-refractivity contribution in [3.8, 4) is 11.1 Å². The van der Waals surface area contributed by atoms with Gasteiger partial charge in [-0.2, -0.15) is 0 Å². The molecule has 0 radical (unpaired) electrons. The van der Waals surface area contributed by atoms with E-state index >= 15 is 0 Å². The molecule has 35 heavy (non-hydrogen) atoms. The highest BCUT2D eigenvalue weighted by atomic mass is 16.5. The minimum atomic E-state index is -1.45. The van der Waals surface area contributed by atoms with Crippen LogP contribution in [0, 0.1) is 0 Å². The molecule has 2 aliphatic rings. The molecule has 9 nitrogen and oxygen atoms in total. The molecule has 0 saturated carbocycles. The summed E-state index contributed by atoms with van der Waals surface area (Å²) in [6.45, 7) is 2.14. The monoisotopic (exact) mass is 482 g/mol. The Morgan fingerprint density at radius 1 is 1.06 bits per heavy atom. The van der Waals surface area contributed by atoms with Crippen LogP contribution in [0.25, 0.3) is 11.1 Å². The van der Waals surface area contributed by atoms with Gasteiger partial charge < -0.3 is 30.0 Å². The summed E-state index contributed by atoms with van der Waals surface area (Å²) in [5, 5.41) is 14.9. The van der Waals surface area contributed by atoms with Gasteiger partial charge in [-0.25, -0.2) is 9.59 Å². The molecular formula is C26H30N2O7. The number of hydrogen-bond donors (Lipinski definition) is 3. The molecule has 1 fully saturated rings. The van der Waals surface area contributed by atoms with Gasteiger partial charge in [-0.3, -0.25) is 4.79 Å². The van der Waals surface area contributed by atoms with Gasteiger partial charge in [0, 0.05) is 39.1 Å². The van der Waals surface area contributed by atoms with E-state index in [0.717, 1.165) is 22.3 Å². The number of alkyl carbamates (subject to hydrolysis) is 1. The number of fused-ring (bicyclic) bond motifs is 3. The predicted octanol–water partition coefficient (Wildman–Crippen LogP) is 2.68. The topological polar surface area (TPSA) is 123 Å². The maximum absolute atomic E-state index is 13.1. The van der Waals surface area contributed by atoms with Gasteiger partial charge in [0.05, 0.1) is 6.10 Å². The zero-order valence-corrected chi connectivity index (χ0v) is 19.8. The molecule has 1 saturated heterocycles.